The first kappa shape index (κ1) is 17.5. The fourth-order valence-electron chi connectivity index (χ4n) is 3.27. The number of aromatic nitrogens is 2. The summed E-state index contributed by atoms with van der Waals surface area (Å²) >= 11 is 0. The van der Waals surface area contributed by atoms with Crippen LogP contribution in [0.2, 0.25) is 0 Å². The monoisotopic (exact) mass is 342 g/mol. The van der Waals surface area contributed by atoms with Gasteiger partial charge in [-0.05, 0) is 31.4 Å². The number of carbonyl (C=O) groups excluding carboxylic acids is 2. The number of likely N-dealkylation sites (tertiary alicyclic amines) is 1. The lowest BCUT2D eigenvalue weighted by molar-refractivity contribution is -0.130. The van der Waals surface area contributed by atoms with Gasteiger partial charge in [0, 0.05) is 39.0 Å². The van der Waals surface area contributed by atoms with Crippen LogP contribution in [0.15, 0.2) is 30.6 Å². The quantitative estimate of drug-likeness (QED) is 0.785. The fourth-order valence-corrected chi connectivity index (χ4v) is 3.27. The number of nitrogens with one attached hydrogen (secondary N) is 1. The number of hydrogen-bond acceptors (Lipinski definition) is 3. The molecular formula is C19H26N4O2. The molecule has 1 N–H and O–H groups in total. The summed E-state index contributed by atoms with van der Waals surface area (Å²) in [7, 11) is 0. The van der Waals surface area contributed by atoms with E-state index in [4.69, 9.17) is 0 Å². The highest BCUT2D eigenvalue weighted by molar-refractivity contribution is 5.77. The van der Waals surface area contributed by atoms with Crippen molar-refractivity contribution in [2.75, 3.05) is 19.6 Å². The highest BCUT2D eigenvalue weighted by Crippen LogP contribution is 2.12. The maximum Gasteiger partial charge on any atom is 0.222 e. The summed E-state index contributed by atoms with van der Waals surface area (Å²) in [6.07, 6.45) is 6.94. The number of amides is 2. The lowest BCUT2D eigenvalue weighted by atomic mass is 10.2. The Morgan fingerprint density at radius 3 is 2.96 bits per heavy atom. The number of benzene rings is 1. The van der Waals surface area contributed by atoms with Crippen LogP contribution in [0.1, 0.15) is 38.5 Å². The molecule has 6 heteroatoms. The van der Waals surface area contributed by atoms with Crippen LogP contribution in [-0.4, -0.2) is 45.9 Å². The van der Waals surface area contributed by atoms with Gasteiger partial charge in [0.2, 0.25) is 11.8 Å². The smallest absolute Gasteiger partial charge is 0.222 e. The summed E-state index contributed by atoms with van der Waals surface area (Å²) in [6.45, 7) is 2.84. The Hall–Kier alpha value is -2.37. The van der Waals surface area contributed by atoms with Crippen LogP contribution in [0.25, 0.3) is 11.0 Å². The number of imidazole rings is 1. The Morgan fingerprint density at radius 1 is 1.16 bits per heavy atom. The molecule has 2 aromatic rings. The van der Waals surface area contributed by atoms with E-state index in [1.807, 2.05) is 33.7 Å². The van der Waals surface area contributed by atoms with Gasteiger partial charge in [0.15, 0.2) is 0 Å². The van der Waals surface area contributed by atoms with E-state index in [1.54, 1.807) is 6.33 Å². The second-order valence-electron chi connectivity index (χ2n) is 6.57. The summed E-state index contributed by atoms with van der Waals surface area (Å²) in [5.74, 6) is 0.302. The summed E-state index contributed by atoms with van der Waals surface area (Å²) in [5.41, 5.74) is 2.00. The molecule has 1 fully saturated rings. The third-order valence-electron chi connectivity index (χ3n) is 4.71. The molecule has 1 aliphatic heterocycles. The Balaban J connectivity index is 1.36. The van der Waals surface area contributed by atoms with Crippen molar-refractivity contribution in [1.82, 2.24) is 19.8 Å². The van der Waals surface area contributed by atoms with Gasteiger partial charge in [-0.3, -0.25) is 9.59 Å². The first-order chi connectivity index (χ1) is 12.2. The van der Waals surface area contributed by atoms with E-state index in [0.717, 1.165) is 49.8 Å². The van der Waals surface area contributed by atoms with Gasteiger partial charge >= 0.3 is 0 Å². The number of carbonyl (C=O) groups is 2. The molecule has 0 aliphatic carbocycles. The summed E-state index contributed by atoms with van der Waals surface area (Å²) < 4.78 is 2.00. The molecule has 3 rings (SSSR count). The van der Waals surface area contributed by atoms with Crippen molar-refractivity contribution in [3.8, 4) is 0 Å². The number of nitrogens with zero attached hydrogens (tertiary/aromatic N) is 3. The van der Waals surface area contributed by atoms with Gasteiger partial charge in [0.25, 0.3) is 0 Å². The van der Waals surface area contributed by atoms with Crippen molar-refractivity contribution < 1.29 is 9.59 Å². The standard InChI is InChI=1S/C19H26N4O2/c24-18(10-14-23-15-21-16-7-3-4-8-17(16)23)20-11-6-13-22-12-5-1-2-9-19(22)25/h3-4,7-8,15H,1-2,5-6,9-14H2,(H,20,24). The lowest BCUT2D eigenvalue weighted by Gasteiger charge is -2.20. The summed E-state index contributed by atoms with van der Waals surface area (Å²) in [5, 5.41) is 2.95. The first-order valence-corrected chi connectivity index (χ1v) is 9.18. The second-order valence-corrected chi connectivity index (χ2v) is 6.57. The SMILES string of the molecule is O=C(CCn1cnc2ccccc21)NCCCN1CCCCCC1=O. The van der Waals surface area contributed by atoms with Crippen molar-refractivity contribution >= 4 is 22.8 Å². The molecule has 2 amide bonds. The predicted molar refractivity (Wildman–Crippen MR) is 97.0 cm³/mol. The van der Waals surface area contributed by atoms with Crippen molar-refractivity contribution in [2.45, 2.75) is 45.1 Å². The second kappa shape index (κ2) is 8.65. The molecule has 0 atom stereocenters. The van der Waals surface area contributed by atoms with Crippen LogP contribution in [0, 0.1) is 0 Å². The number of hydrogen-bond donors (Lipinski definition) is 1. The highest BCUT2D eigenvalue weighted by atomic mass is 16.2. The van der Waals surface area contributed by atoms with E-state index in [1.165, 1.54) is 0 Å². The molecule has 0 saturated carbocycles. The van der Waals surface area contributed by atoms with Gasteiger partial charge in [0.05, 0.1) is 17.4 Å². The Labute approximate surface area is 148 Å². The molecule has 6 nitrogen and oxygen atoms in total. The van der Waals surface area contributed by atoms with Gasteiger partial charge in [-0.2, -0.15) is 0 Å². The summed E-state index contributed by atoms with van der Waals surface area (Å²) in [6, 6.07) is 7.92. The minimum absolute atomic E-state index is 0.0416. The zero-order valence-electron chi connectivity index (χ0n) is 14.6. The van der Waals surface area contributed by atoms with Crippen molar-refractivity contribution in [2.24, 2.45) is 0 Å². The van der Waals surface area contributed by atoms with E-state index < -0.39 is 0 Å². The topological polar surface area (TPSA) is 67.2 Å². The zero-order valence-corrected chi connectivity index (χ0v) is 14.6. The highest BCUT2D eigenvalue weighted by Gasteiger charge is 2.15. The van der Waals surface area contributed by atoms with Gasteiger partial charge < -0.3 is 14.8 Å². The molecule has 134 valence electrons. The van der Waals surface area contributed by atoms with Gasteiger partial charge in [-0.1, -0.05) is 18.6 Å². The normalized spacial score (nSPS) is 15.4. The molecule has 2 heterocycles. The van der Waals surface area contributed by atoms with Gasteiger partial charge in [-0.15, -0.1) is 0 Å². The van der Waals surface area contributed by atoms with E-state index in [9.17, 15) is 9.59 Å². The first-order valence-electron chi connectivity index (χ1n) is 9.18. The van der Waals surface area contributed by atoms with E-state index in [-0.39, 0.29) is 11.8 Å². The van der Waals surface area contributed by atoms with Crippen LogP contribution in [0.3, 0.4) is 0 Å². The third kappa shape index (κ3) is 4.81. The van der Waals surface area contributed by atoms with Crippen LogP contribution in [0.4, 0.5) is 0 Å². The van der Waals surface area contributed by atoms with Crippen molar-refractivity contribution in [1.29, 1.82) is 0 Å². The maximum absolute atomic E-state index is 12.0. The Morgan fingerprint density at radius 2 is 2.04 bits per heavy atom. The van der Waals surface area contributed by atoms with E-state index in [0.29, 0.717) is 25.9 Å². The summed E-state index contributed by atoms with van der Waals surface area (Å²) in [4.78, 5) is 30.2. The molecule has 1 saturated heterocycles. The molecule has 0 spiro atoms. The average molecular weight is 342 g/mol. The minimum atomic E-state index is 0.0416. The number of rotatable bonds is 7. The third-order valence-corrected chi connectivity index (χ3v) is 4.71. The minimum Gasteiger partial charge on any atom is -0.356 e. The molecule has 0 bridgehead atoms. The molecule has 0 unspecified atom stereocenters. The average Bonchev–Trinajstić information content (AvgIpc) is 2.93. The molecule has 1 aromatic heterocycles. The number of aryl methyl sites for hydroxylation is 1. The molecule has 25 heavy (non-hydrogen) atoms. The lowest BCUT2D eigenvalue weighted by Crippen LogP contribution is -2.34. The van der Waals surface area contributed by atoms with Gasteiger partial charge in [-0.25, -0.2) is 4.98 Å². The number of para-hydroxylation sites is 2. The predicted octanol–water partition coefficient (Wildman–Crippen LogP) is 2.34. The molecular weight excluding hydrogens is 316 g/mol. The Kier molecular flexibility index (Phi) is 6.04. The van der Waals surface area contributed by atoms with Crippen LogP contribution >= 0.6 is 0 Å². The van der Waals surface area contributed by atoms with Crippen molar-refractivity contribution in [3.63, 3.8) is 0 Å². The van der Waals surface area contributed by atoms with Gasteiger partial charge in [0.1, 0.15) is 0 Å². The largest absolute Gasteiger partial charge is 0.356 e. The zero-order chi connectivity index (χ0) is 17.5. The molecule has 0 radical (unpaired) electrons. The van der Waals surface area contributed by atoms with Crippen molar-refractivity contribution in [3.05, 3.63) is 30.6 Å². The van der Waals surface area contributed by atoms with E-state index >= 15 is 0 Å². The van der Waals surface area contributed by atoms with E-state index in [2.05, 4.69) is 10.3 Å². The Bertz CT molecular complexity index is 725. The van der Waals surface area contributed by atoms with Crippen LogP contribution in [-0.2, 0) is 16.1 Å². The van der Waals surface area contributed by atoms with Crippen LogP contribution < -0.4 is 5.32 Å². The maximum atomic E-state index is 12.0. The molecule has 1 aromatic carbocycles. The molecule has 1 aliphatic rings. The fraction of sp³-hybridized carbons (Fsp3) is 0.526. The number of fused-ring (bicyclic) bond motifs is 1. The van der Waals surface area contributed by atoms with Crippen LogP contribution in [0.5, 0.6) is 0 Å².